The van der Waals surface area contributed by atoms with Crippen molar-refractivity contribution in [3.8, 4) is 0 Å². The fraction of sp³-hybridized carbons (Fsp3) is 0.200. The van der Waals surface area contributed by atoms with Crippen molar-refractivity contribution in [2.24, 2.45) is 0 Å². The normalized spacial score (nSPS) is 11.3. The molecule has 0 aliphatic heterocycles. The minimum absolute atomic E-state index is 0.914. The standard InChI is InChI=1S/C15H15BrN2S/c1-17-9-11-2-3-14-12(8-11)4-6-18(14)10-15-13(16)5-7-19-15/h2-8,17H,9-10H2,1H3. The smallest absolute Gasteiger partial charge is 0.0580 e. The Morgan fingerprint density at radius 1 is 1.26 bits per heavy atom. The molecular weight excluding hydrogens is 320 g/mol. The van der Waals surface area contributed by atoms with Crippen molar-refractivity contribution in [3.05, 3.63) is 56.8 Å². The monoisotopic (exact) mass is 334 g/mol. The van der Waals surface area contributed by atoms with Gasteiger partial charge in [-0.05, 0) is 63.6 Å². The molecule has 2 heterocycles. The SMILES string of the molecule is CNCc1ccc2c(ccn2Cc2sccc2Br)c1. The van der Waals surface area contributed by atoms with Gasteiger partial charge in [0, 0.05) is 27.6 Å². The zero-order valence-electron chi connectivity index (χ0n) is 10.7. The van der Waals surface area contributed by atoms with Crippen LogP contribution in [-0.4, -0.2) is 11.6 Å². The third-order valence-electron chi connectivity index (χ3n) is 3.22. The molecule has 98 valence electrons. The topological polar surface area (TPSA) is 17.0 Å². The second-order valence-corrected chi connectivity index (χ2v) is 6.41. The highest BCUT2D eigenvalue weighted by molar-refractivity contribution is 9.10. The second-order valence-electron chi connectivity index (χ2n) is 4.56. The van der Waals surface area contributed by atoms with Gasteiger partial charge in [0.1, 0.15) is 0 Å². The lowest BCUT2D eigenvalue weighted by Gasteiger charge is -2.06. The Labute approximate surface area is 125 Å². The number of thiophene rings is 1. The summed E-state index contributed by atoms with van der Waals surface area (Å²) in [6.07, 6.45) is 2.17. The van der Waals surface area contributed by atoms with Gasteiger partial charge in [-0.1, -0.05) is 6.07 Å². The number of rotatable bonds is 4. The largest absolute Gasteiger partial charge is 0.342 e. The summed E-state index contributed by atoms with van der Waals surface area (Å²) >= 11 is 5.39. The molecule has 3 aromatic rings. The number of hydrogen-bond donors (Lipinski definition) is 1. The first-order valence-electron chi connectivity index (χ1n) is 6.22. The molecule has 0 aliphatic rings. The summed E-state index contributed by atoms with van der Waals surface area (Å²) in [5.41, 5.74) is 2.62. The molecule has 0 fully saturated rings. The first-order chi connectivity index (χ1) is 9.28. The maximum atomic E-state index is 3.60. The van der Waals surface area contributed by atoms with Crippen molar-refractivity contribution in [2.75, 3.05) is 7.05 Å². The molecular formula is C15H15BrN2S. The molecule has 0 spiro atoms. The molecule has 4 heteroatoms. The molecule has 0 saturated carbocycles. The molecule has 2 nitrogen and oxygen atoms in total. The predicted molar refractivity (Wildman–Crippen MR) is 85.8 cm³/mol. The molecule has 0 atom stereocenters. The molecule has 3 rings (SSSR count). The van der Waals surface area contributed by atoms with Gasteiger partial charge in [0.25, 0.3) is 0 Å². The van der Waals surface area contributed by atoms with E-state index in [4.69, 9.17) is 0 Å². The quantitative estimate of drug-likeness (QED) is 0.755. The van der Waals surface area contributed by atoms with Crippen LogP contribution in [0.15, 0.2) is 46.4 Å². The number of halogens is 1. The van der Waals surface area contributed by atoms with E-state index in [-0.39, 0.29) is 0 Å². The average molecular weight is 335 g/mol. The van der Waals surface area contributed by atoms with E-state index in [1.165, 1.54) is 25.8 Å². The van der Waals surface area contributed by atoms with Crippen LogP contribution in [0.1, 0.15) is 10.4 Å². The van der Waals surface area contributed by atoms with Crippen molar-refractivity contribution in [3.63, 3.8) is 0 Å². The van der Waals surface area contributed by atoms with Gasteiger partial charge in [-0.15, -0.1) is 11.3 Å². The molecule has 2 aromatic heterocycles. The summed E-state index contributed by atoms with van der Waals surface area (Å²) in [7, 11) is 1.98. The summed E-state index contributed by atoms with van der Waals surface area (Å²) in [4.78, 5) is 1.36. The zero-order chi connectivity index (χ0) is 13.2. The highest BCUT2D eigenvalue weighted by Crippen LogP contribution is 2.26. The van der Waals surface area contributed by atoms with E-state index < -0.39 is 0 Å². The van der Waals surface area contributed by atoms with Gasteiger partial charge in [0.15, 0.2) is 0 Å². The number of benzene rings is 1. The van der Waals surface area contributed by atoms with Crippen LogP contribution in [0.2, 0.25) is 0 Å². The van der Waals surface area contributed by atoms with Crippen LogP contribution in [0.25, 0.3) is 10.9 Å². The molecule has 0 bridgehead atoms. The molecule has 0 aliphatic carbocycles. The second kappa shape index (κ2) is 5.49. The zero-order valence-corrected chi connectivity index (χ0v) is 13.1. The maximum absolute atomic E-state index is 3.60. The number of hydrogen-bond acceptors (Lipinski definition) is 2. The highest BCUT2D eigenvalue weighted by Gasteiger charge is 2.06. The summed E-state index contributed by atoms with van der Waals surface area (Å²) in [6, 6.07) is 11.0. The van der Waals surface area contributed by atoms with Gasteiger partial charge in [0.2, 0.25) is 0 Å². The fourth-order valence-corrected chi connectivity index (χ4v) is 3.77. The van der Waals surface area contributed by atoms with E-state index in [1.807, 2.05) is 7.05 Å². The van der Waals surface area contributed by atoms with Gasteiger partial charge >= 0.3 is 0 Å². The number of fused-ring (bicyclic) bond motifs is 1. The van der Waals surface area contributed by atoms with Crippen molar-refractivity contribution in [1.82, 2.24) is 9.88 Å². The van der Waals surface area contributed by atoms with E-state index in [0.717, 1.165) is 13.1 Å². The van der Waals surface area contributed by atoms with Crippen molar-refractivity contribution in [2.45, 2.75) is 13.1 Å². The lowest BCUT2D eigenvalue weighted by molar-refractivity contribution is 0.818. The van der Waals surface area contributed by atoms with Crippen LogP contribution in [0, 0.1) is 0 Å². The molecule has 1 aromatic carbocycles. The maximum Gasteiger partial charge on any atom is 0.0580 e. The van der Waals surface area contributed by atoms with E-state index >= 15 is 0 Å². The Morgan fingerprint density at radius 3 is 2.89 bits per heavy atom. The summed E-state index contributed by atoms with van der Waals surface area (Å²) in [5, 5.41) is 6.62. The number of nitrogens with one attached hydrogen (secondary N) is 1. The van der Waals surface area contributed by atoms with Crippen molar-refractivity contribution >= 4 is 38.2 Å². The van der Waals surface area contributed by atoms with Gasteiger partial charge in [-0.25, -0.2) is 0 Å². The minimum atomic E-state index is 0.914. The lowest BCUT2D eigenvalue weighted by Crippen LogP contribution is -2.04. The Balaban J connectivity index is 1.95. The highest BCUT2D eigenvalue weighted by atomic mass is 79.9. The Bertz CT molecular complexity index is 699. The van der Waals surface area contributed by atoms with Gasteiger partial charge < -0.3 is 9.88 Å². The first-order valence-corrected chi connectivity index (χ1v) is 7.89. The number of aromatic nitrogens is 1. The van der Waals surface area contributed by atoms with Gasteiger partial charge in [0.05, 0.1) is 6.54 Å². The van der Waals surface area contributed by atoms with E-state index in [2.05, 4.69) is 67.7 Å². The molecule has 0 saturated heterocycles. The summed E-state index contributed by atoms with van der Waals surface area (Å²) in [6.45, 7) is 1.84. The Kier molecular flexibility index (Phi) is 3.73. The van der Waals surface area contributed by atoms with Gasteiger partial charge in [-0.2, -0.15) is 0 Å². The van der Waals surface area contributed by atoms with Crippen LogP contribution < -0.4 is 5.32 Å². The molecule has 19 heavy (non-hydrogen) atoms. The van der Waals surface area contributed by atoms with Crippen LogP contribution in [0.5, 0.6) is 0 Å². The predicted octanol–water partition coefficient (Wildman–Crippen LogP) is 4.23. The summed E-state index contributed by atoms with van der Waals surface area (Å²) < 4.78 is 3.50. The molecule has 1 N–H and O–H groups in total. The Morgan fingerprint density at radius 2 is 2.16 bits per heavy atom. The van der Waals surface area contributed by atoms with Crippen LogP contribution >= 0.6 is 27.3 Å². The molecule has 0 unspecified atom stereocenters. The van der Waals surface area contributed by atoms with E-state index in [0.29, 0.717) is 0 Å². The third-order valence-corrected chi connectivity index (χ3v) is 5.13. The molecule has 0 amide bonds. The first kappa shape index (κ1) is 12.9. The van der Waals surface area contributed by atoms with Crippen molar-refractivity contribution in [1.29, 1.82) is 0 Å². The number of nitrogens with zero attached hydrogens (tertiary/aromatic N) is 1. The van der Waals surface area contributed by atoms with Crippen molar-refractivity contribution < 1.29 is 0 Å². The van der Waals surface area contributed by atoms with Crippen LogP contribution in [0.4, 0.5) is 0 Å². The van der Waals surface area contributed by atoms with Crippen LogP contribution in [0.3, 0.4) is 0 Å². The Hall–Kier alpha value is -1.10. The van der Waals surface area contributed by atoms with Gasteiger partial charge in [-0.3, -0.25) is 0 Å². The lowest BCUT2D eigenvalue weighted by atomic mass is 10.1. The summed E-state index contributed by atoms with van der Waals surface area (Å²) in [5.74, 6) is 0. The van der Waals surface area contributed by atoms with E-state index in [1.54, 1.807) is 11.3 Å². The molecule has 0 radical (unpaired) electrons. The third kappa shape index (κ3) is 2.61. The average Bonchev–Trinajstić information content (AvgIpc) is 2.98. The van der Waals surface area contributed by atoms with Crippen LogP contribution in [-0.2, 0) is 13.1 Å². The fourth-order valence-electron chi connectivity index (χ4n) is 2.29. The minimum Gasteiger partial charge on any atom is -0.342 e. The van der Waals surface area contributed by atoms with E-state index in [9.17, 15) is 0 Å².